The third-order valence-electron chi connectivity index (χ3n) is 2.98. The summed E-state index contributed by atoms with van der Waals surface area (Å²) in [6.45, 7) is 0. The summed E-state index contributed by atoms with van der Waals surface area (Å²) in [5.74, 6) is -0.722. The van der Waals surface area contributed by atoms with Gasteiger partial charge in [-0.25, -0.2) is 14.8 Å². The van der Waals surface area contributed by atoms with Crippen LogP contribution in [0, 0.1) is 0 Å². The summed E-state index contributed by atoms with van der Waals surface area (Å²) in [7, 11) is 0. The molecule has 0 spiro atoms. The molecule has 1 unspecified atom stereocenters. The number of hydrogen-bond donors (Lipinski definition) is 3. The lowest BCUT2D eigenvalue weighted by molar-refractivity contribution is 0.0696. The van der Waals surface area contributed by atoms with Gasteiger partial charge in [0, 0.05) is 6.20 Å². The number of nitrogens with one attached hydrogen (secondary N) is 1. The van der Waals surface area contributed by atoms with Crippen molar-refractivity contribution in [3.05, 3.63) is 59.5 Å². The van der Waals surface area contributed by atoms with Gasteiger partial charge in [0.15, 0.2) is 5.65 Å². The fourth-order valence-electron chi connectivity index (χ4n) is 1.96. The number of nitrogens with zero attached hydrogens (tertiary/aromatic N) is 2. The molecule has 2 heterocycles. The van der Waals surface area contributed by atoms with Gasteiger partial charge < -0.3 is 15.2 Å². The number of rotatable bonds is 3. The molecule has 3 aromatic rings. The summed E-state index contributed by atoms with van der Waals surface area (Å²) in [5.41, 5.74) is 1.63. The number of benzene rings is 1. The molecule has 0 saturated carbocycles. The molecule has 0 fully saturated rings. The molecular formula is C14H11N3O3. The minimum absolute atomic E-state index is 0.0712. The van der Waals surface area contributed by atoms with Crippen LogP contribution >= 0.6 is 0 Å². The van der Waals surface area contributed by atoms with Crippen molar-refractivity contribution >= 4 is 17.1 Å². The number of pyridine rings is 1. The molecule has 6 nitrogen and oxygen atoms in total. The number of hydrogen-bond acceptors (Lipinski definition) is 4. The zero-order valence-electron chi connectivity index (χ0n) is 10.3. The van der Waals surface area contributed by atoms with E-state index < -0.39 is 12.1 Å². The Morgan fingerprint density at radius 1 is 1.25 bits per heavy atom. The van der Waals surface area contributed by atoms with Gasteiger partial charge in [0.2, 0.25) is 0 Å². The number of aromatic nitrogens is 3. The zero-order chi connectivity index (χ0) is 14.1. The van der Waals surface area contributed by atoms with Gasteiger partial charge in [-0.1, -0.05) is 30.3 Å². The van der Waals surface area contributed by atoms with E-state index in [1.54, 1.807) is 12.1 Å². The van der Waals surface area contributed by atoms with E-state index in [4.69, 9.17) is 5.11 Å². The van der Waals surface area contributed by atoms with Gasteiger partial charge in [0.05, 0.1) is 11.1 Å². The van der Waals surface area contributed by atoms with E-state index >= 15 is 0 Å². The van der Waals surface area contributed by atoms with Crippen molar-refractivity contribution in [1.82, 2.24) is 15.0 Å². The van der Waals surface area contributed by atoms with Crippen molar-refractivity contribution in [1.29, 1.82) is 0 Å². The van der Waals surface area contributed by atoms with E-state index in [1.165, 1.54) is 12.3 Å². The van der Waals surface area contributed by atoms with Gasteiger partial charge in [0.25, 0.3) is 0 Å². The fraction of sp³-hybridized carbons (Fsp3) is 0.0714. The van der Waals surface area contributed by atoms with Crippen molar-refractivity contribution in [3.8, 4) is 0 Å². The number of fused-ring (bicyclic) bond motifs is 1. The number of aliphatic hydroxyl groups excluding tert-OH is 1. The molecule has 1 aromatic carbocycles. The maximum atomic E-state index is 10.9. The largest absolute Gasteiger partial charge is 0.478 e. The first-order chi connectivity index (χ1) is 9.65. The van der Waals surface area contributed by atoms with Gasteiger partial charge in [-0.3, -0.25) is 0 Å². The second-order valence-corrected chi connectivity index (χ2v) is 4.34. The molecule has 0 aliphatic heterocycles. The number of aliphatic hydroxyl groups is 1. The van der Waals surface area contributed by atoms with Crippen LogP contribution < -0.4 is 0 Å². The Balaban J connectivity index is 2.03. The van der Waals surface area contributed by atoms with E-state index in [0.717, 1.165) is 0 Å². The van der Waals surface area contributed by atoms with Crippen LogP contribution in [0.3, 0.4) is 0 Å². The summed E-state index contributed by atoms with van der Waals surface area (Å²) in [4.78, 5) is 21.9. The first-order valence-corrected chi connectivity index (χ1v) is 5.97. The fourth-order valence-corrected chi connectivity index (χ4v) is 1.96. The molecular weight excluding hydrogens is 258 g/mol. The average Bonchev–Trinajstić information content (AvgIpc) is 2.90. The Labute approximate surface area is 113 Å². The highest BCUT2D eigenvalue weighted by Crippen LogP contribution is 2.21. The molecule has 0 saturated heterocycles. The number of H-pyrrole nitrogens is 1. The van der Waals surface area contributed by atoms with Crippen molar-refractivity contribution < 1.29 is 15.0 Å². The van der Waals surface area contributed by atoms with Gasteiger partial charge in [-0.05, 0) is 11.6 Å². The van der Waals surface area contributed by atoms with Crippen LogP contribution in [0.5, 0.6) is 0 Å². The predicted octanol–water partition coefficient (Wildman–Crippen LogP) is 1.74. The van der Waals surface area contributed by atoms with Crippen molar-refractivity contribution in [2.75, 3.05) is 0 Å². The maximum Gasteiger partial charge on any atom is 0.337 e. The Morgan fingerprint density at radius 3 is 2.70 bits per heavy atom. The number of carboxylic acid groups (broad SMARTS) is 1. The highest BCUT2D eigenvalue weighted by molar-refractivity contribution is 5.90. The normalized spacial score (nSPS) is 12.4. The number of carboxylic acids is 1. The molecule has 0 radical (unpaired) electrons. The van der Waals surface area contributed by atoms with Crippen molar-refractivity contribution in [2.24, 2.45) is 0 Å². The predicted molar refractivity (Wildman–Crippen MR) is 71.4 cm³/mol. The van der Waals surface area contributed by atoms with Crippen LogP contribution in [-0.2, 0) is 0 Å². The molecule has 20 heavy (non-hydrogen) atoms. The Hall–Kier alpha value is -2.73. The van der Waals surface area contributed by atoms with Crippen LogP contribution in [0.15, 0.2) is 42.6 Å². The first kappa shape index (κ1) is 12.3. The molecule has 100 valence electrons. The van der Waals surface area contributed by atoms with Crippen molar-refractivity contribution in [2.45, 2.75) is 6.10 Å². The Kier molecular flexibility index (Phi) is 2.92. The lowest BCUT2D eigenvalue weighted by Crippen LogP contribution is -2.01. The molecule has 0 aliphatic carbocycles. The third kappa shape index (κ3) is 2.12. The Bertz CT molecular complexity index is 768. The second-order valence-electron chi connectivity index (χ2n) is 4.34. The maximum absolute atomic E-state index is 10.9. The summed E-state index contributed by atoms with van der Waals surface area (Å²) in [6.07, 6.45) is 0.336. The SMILES string of the molecule is O=C(O)c1cnc2nc(C(O)c3ccccc3)[nH]c2c1. The second kappa shape index (κ2) is 4.75. The minimum atomic E-state index is -1.06. The molecule has 1 atom stereocenters. The van der Waals surface area contributed by atoms with E-state index in [2.05, 4.69) is 15.0 Å². The molecule has 0 bridgehead atoms. The van der Waals surface area contributed by atoms with Crippen LogP contribution in [0.4, 0.5) is 0 Å². The number of aromatic carboxylic acids is 1. The standard InChI is InChI=1S/C14H11N3O3/c18-11(8-4-2-1-3-5-8)13-16-10-6-9(14(19)20)7-15-12(10)17-13/h1-7,11,18H,(H,19,20)(H,15,16,17). The van der Waals surface area contributed by atoms with Gasteiger partial charge in [0.1, 0.15) is 11.9 Å². The molecule has 2 aromatic heterocycles. The van der Waals surface area contributed by atoms with Crippen LogP contribution in [0.1, 0.15) is 27.8 Å². The third-order valence-corrected chi connectivity index (χ3v) is 2.98. The smallest absolute Gasteiger partial charge is 0.337 e. The molecule has 0 aliphatic rings. The molecule has 3 rings (SSSR count). The van der Waals surface area contributed by atoms with Gasteiger partial charge in [-0.15, -0.1) is 0 Å². The van der Waals surface area contributed by atoms with E-state index in [1.807, 2.05) is 18.2 Å². The monoisotopic (exact) mass is 269 g/mol. The Morgan fingerprint density at radius 2 is 2.00 bits per heavy atom. The summed E-state index contributed by atoms with van der Waals surface area (Å²) >= 11 is 0. The zero-order valence-corrected chi connectivity index (χ0v) is 10.3. The molecule has 0 amide bonds. The number of carbonyl (C=O) groups is 1. The highest BCUT2D eigenvalue weighted by Gasteiger charge is 2.16. The number of aromatic amines is 1. The highest BCUT2D eigenvalue weighted by atomic mass is 16.4. The average molecular weight is 269 g/mol. The van der Waals surface area contributed by atoms with E-state index in [-0.39, 0.29) is 5.56 Å². The first-order valence-electron chi connectivity index (χ1n) is 5.97. The lowest BCUT2D eigenvalue weighted by atomic mass is 10.1. The van der Waals surface area contributed by atoms with Crippen molar-refractivity contribution in [3.63, 3.8) is 0 Å². The molecule has 3 N–H and O–H groups in total. The van der Waals surface area contributed by atoms with Crippen LogP contribution in [0.25, 0.3) is 11.2 Å². The van der Waals surface area contributed by atoms with E-state index in [9.17, 15) is 9.90 Å². The minimum Gasteiger partial charge on any atom is -0.478 e. The summed E-state index contributed by atoms with van der Waals surface area (Å²) < 4.78 is 0. The van der Waals surface area contributed by atoms with E-state index in [0.29, 0.717) is 22.6 Å². The van der Waals surface area contributed by atoms with Crippen LogP contribution in [0.2, 0.25) is 0 Å². The topological polar surface area (TPSA) is 99.1 Å². The lowest BCUT2D eigenvalue weighted by Gasteiger charge is -2.06. The summed E-state index contributed by atoms with van der Waals surface area (Å²) in [6, 6.07) is 10.5. The number of imidazole rings is 1. The summed E-state index contributed by atoms with van der Waals surface area (Å²) in [5, 5.41) is 19.1. The quantitative estimate of drug-likeness (QED) is 0.672. The van der Waals surface area contributed by atoms with Gasteiger partial charge >= 0.3 is 5.97 Å². The molecule has 6 heteroatoms. The van der Waals surface area contributed by atoms with Crippen LogP contribution in [-0.4, -0.2) is 31.1 Å². The van der Waals surface area contributed by atoms with Gasteiger partial charge in [-0.2, -0.15) is 0 Å².